The number of hydrogen-bond donors (Lipinski definition) is 2. The summed E-state index contributed by atoms with van der Waals surface area (Å²) in [5.41, 5.74) is 2.17. The molecule has 0 saturated heterocycles. The van der Waals surface area contributed by atoms with Crippen molar-refractivity contribution in [1.82, 2.24) is 0 Å². The van der Waals surface area contributed by atoms with E-state index in [1.807, 2.05) is 30.3 Å². The summed E-state index contributed by atoms with van der Waals surface area (Å²) < 4.78 is 24.4. The van der Waals surface area contributed by atoms with E-state index in [0.717, 1.165) is 62.5 Å². The van der Waals surface area contributed by atoms with Gasteiger partial charge in [-0.3, -0.25) is 9.59 Å². The van der Waals surface area contributed by atoms with Gasteiger partial charge in [0.15, 0.2) is 23.0 Å². The van der Waals surface area contributed by atoms with Crippen molar-refractivity contribution >= 4 is 11.9 Å². The Bertz CT molecular complexity index is 1160. The summed E-state index contributed by atoms with van der Waals surface area (Å²) in [4.78, 5) is 24.9. The number of ether oxygens (including phenoxy) is 4. The number of aliphatic carboxylic acids is 2. The Hall–Kier alpha value is -3.42. The maximum Gasteiger partial charge on any atom is 0.308 e. The van der Waals surface area contributed by atoms with Crippen LogP contribution in [0.15, 0.2) is 30.3 Å². The molecule has 1 aliphatic carbocycles. The molecular formula is C34H48O8. The van der Waals surface area contributed by atoms with Gasteiger partial charge >= 0.3 is 11.9 Å². The van der Waals surface area contributed by atoms with Crippen LogP contribution in [0.1, 0.15) is 114 Å². The smallest absolute Gasteiger partial charge is 0.308 e. The first-order valence-electron chi connectivity index (χ1n) is 15.6. The zero-order valence-corrected chi connectivity index (χ0v) is 25.7. The molecule has 0 saturated carbocycles. The number of carbonyl (C=O) groups is 2. The van der Waals surface area contributed by atoms with E-state index in [4.69, 9.17) is 18.9 Å². The molecule has 1 aliphatic rings. The first-order valence-corrected chi connectivity index (χ1v) is 15.6. The summed E-state index contributed by atoms with van der Waals surface area (Å²) in [5.74, 6) is -2.12. The van der Waals surface area contributed by atoms with Crippen LogP contribution in [0.2, 0.25) is 0 Å². The molecule has 0 aliphatic heterocycles. The minimum absolute atomic E-state index is 0.303. The normalized spacial score (nSPS) is 17.5. The van der Waals surface area contributed by atoms with Gasteiger partial charge in [0.05, 0.1) is 38.8 Å². The molecule has 0 spiro atoms. The second-order valence-corrected chi connectivity index (χ2v) is 11.0. The maximum atomic E-state index is 12.9. The fraction of sp³-hybridized carbons (Fsp3) is 0.588. The standard InChI is InChI=1S/C34H48O8/c1-5-9-15-39-27-14-13-23(19-28(27)40-16-10-6-2)32-25-21-30(42-18-12-8-4)29(41-17-11-7-3)20-24(25)26(22-31(35)36)33(32)34(37)38/h13-14,19-21,26,32-33H,5-12,15-18,22H2,1-4H3,(H,35,36)(H,37,38). The van der Waals surface area contributed by atoms with Crippen molar-refractivity contribution in [3.63, 3.8) is 0 Å². The zero-order valence-electron chi connectivity index (χ0n) is 25.7. The highest BCUT2D eigenvalue weighted by atomic mass is 16.5. The Morgan fingerprint density at radius 3 is 1.55 bits per heavy atom. The summed E-state index contributed by atoms with van der Waals surface area (Å²) in [5, 5.41) is 20.3. The maximum absolute atomic E-state index is 12.9. The predicted octanol–water partition coefficient (Wildman–Crippen LogP) is 7.81. The molecule has 0 heterocycles. The molecule has 0 radical (unpaired) electrons. The quantitative estimate of drug-likeness (QED) is 0.152. The van der Waals surface area contributed by atoms with Gasteiger partial charge in [0.1, 0.15) is 0 Å². The molecule has 232 valence electrons. The highest BCUT2D eigenvalue weighted by molar-refractivity contribution is 5.79. The fourth-order valence-corrected chi connectivity index (χ4v) is 5.41. The number of carboxylic acids is 2. The third-order valence-corrected chi connectivity index (χ3v) is 7.70. The second kappa shape index (κ2) is 16.9. The topological polar surface area (TPSA) is 112 Å². The van der Waals surface area contributed by atoms with E-state index < -0.39 is 29.7 Å². The predicted molar refractivity (Wildman–Crippen MR) is 162 cm³/mol. The highest BCUT2D eigenvalue weighted by Crippen LogP contribution is 2.54. The van der Waals surface area contributed by atoms with Crippen LogP contribution in [0.5, 0.6) is 23.0 Å². The summed E-state index contributed by atoms with van der Waals surface area (Å²) >= 11 is 0. The molecule has 0 fully saturated rings. The van der Waals surface area contributed by atoms with Crippen LogP contribution in [0.3, 0.4) is 0 Å². The molecule has 2 N–H and O–H groups in total. The van der Waals surface area contributed by atoms with Gasteiger partial charge in [-0.2, -0.15) is 0 Å². The van der Waals surface area contributed by atoms with Gasteiger partial charge in [-0.15, -0.1) is 0 Å². The van der Waals surface area contributed by atoms with Crippen LogP contribution in [0.4, 0.5) is 0 Å². The van der Waals surface area contributed by atoms with Crippen molar-refractivity contribution in [2.45, 2.75) is 97.3 Å². The number of hydrogen-bond acceptors (Lipinski definition) is 6. The van der Waals surface area contributed by atoms with E-state index in [2.05, 4.69) is 27.7 Å². The van der Waals surface area contributed by atoms with Crippen LogP contribution in [-0.4, -0.2) is 48.6 Å². The number of fused-ring (bicyclic) bond motifs is 1. The van der Waals surface area contributed by atoms with Crippen molar-refractivity contribution in [2.24, 2.45) is 5.92 Å². The number of unbranched alkanes of at least 4 members (excludes halogenated alkanes) is 4. The van der Waals surface area contributed by atoms with Gasteiger partial charge in [0, 0.05) is 11.8 Å². The molecular weight excluding hydrogens is 536 g/mol. The second-order valence-electron chi connectivity index (χ2n) is 11.0. The van der Waals surface area contributed by atoms with Gasteiger partial charge < -0.3 is 29.2 Å². The molecule has 3 unspecified atom stereocenters. The van der Waals surface area contributed by atoms with Crippen LogP contribution >= 0.6 is 0 Å². The first kappa shape index (κ1) is 33.1. The van der Waals surface area contributed by atoms with Crippen LogP contribution < -0.4 is 18.9 Å². The van der Waals surface area contributed by atoms with Crippen molar-refractivity contribution in [2.75, 3.05) is 26.4 Å². The molecule has 2 aromatic carbocycles. The Morgan fingerprint density at radius 1 is 0.643 bits per heavy atom. The Balaban J connectivity index is 2.15. The van der Waals surface area contributed by atoms with Gasteiger partial charge in [-0.05, 0) is 66.6 Å². The SMILES string of the molecule is CCCCOc1ccc(C2c3cc(OCCCC)c(OCCCC)cc3C(CC(=O)O)C2C(=O)O)cc1OCCCC. The van der Waals surface area contributed by atoms with E-state index in [1.165, 1.54) is 0 Å². The number of carboxylic acid groups (broad SMARTS) is 2. The molecule has 8 heteroatoms. The van der Waals surface area contributed by atoms with E-state index >= 15 is 0 Å². The van der Waals surface area contributed by atoms with Crippen molar-refractivity contribution < 1.29 is 38.7 Å². The van der Waals surface area contributed by atoms with Gasteiger partial charge in [-0.1, -0.05) is 59.4 Å². The minimum Gasteiger partial charge on any atom is -0.490 e. The number of benzene rings is 2. The molecule has 3 rings (SSSR count). The molecule has 42 heavy (non-hydrogen) atoms. The van der Waals surface area contributed by atoms with E-state index in [-0.39, 0.29) is 6.42 Å². The third-order valence-electron chi connectivity index (χ3n) is 7.70. The monoisotopic (exact) mass is 584 g/mol. The molecule has 3 atom stereocenters. The average molecular weight is 585 g/mol. The van der Waals surface area contributed by atoms with E-state index in [0.29, 0.717) is 55.0 Å². The lowest BCUT2D eigenvalue weighted by atomic mass is 9.81. The van der Waals surface area contributed by atoms with Crippen molar-refractivity contribution in [3.05, 3.63) is 47.0 Å². The Kier molecular flexibility index (Phi) is 13.3. The van der Waals surface area contributed by atoms with Crippen LogP contribution in [0.25, 0.3) is 0 Å². The minimum atomic E-state index is -1.04. The lowest BCUT2D eigenvalue weighted by Gasteiger charge is -2.23. The molecule has 0 aromatic heterocycles. The van der Waals surface area contributed by atoms with E-state index in [9.17, 15) is 19.8 Å². The number of rotatable bonds is 20. The van der Waals surface area contributed by atoms with Crippen LogP contribution in [-0.2, 0) is 9.59 Å². The fourth-order valence-electron chi connectivity index (χ4n) is 5.41. The first-order chi connectivity index (χ1) is 20.4. The lowest BCUT2D eigenvalue weighted by Crippen LogP contribution is -2.24. The van der Waals surface area contributed by atoms with Crippen molar-refractivity contribution in [3.8, 4) is 23.0 Å². The summed E-state index contributed by atoms with van der Waals surface area (Å²) in [6.45, 7) is 10.4. The molecule has 8 nitrogen and oxygen atoms in total. The Labute approximate surface area is 250 Å². The molecule has 2 aromatic rings. The summed E-state index contributed by atoms with van der Waals surface area (Å²) in [6.07, 6.45) is 7.12. The van der Waals surface area contributed by atoms with Crippen molar-refractivity contribution in [1.29, 1.82) is 0 Å². The Morgan fingerprint density at radius 2 is 1.10 bits per heavy atom. The summed E-state index contributed by atoms with van der Waals surface area (Å²) in [7, 11) is 0. The summed E-state index contributed by atoms with van der Waals surface area (Å²) in [6, 6.07) is 9.28. The van der Waals surface area contributed by atoms with Crippen LogP contribution in [0, 0.1) is 5.92 Å². The average Bonchev–Trinajstić information content (AvgIpc) is 3.26. The van der Waals surface area contributed by atoms with Gasteiger partial charge in [0.2, 0.25) is 0 Å². The molecule has 0 bridgehead atoms. The molecule has 0 amide bonds. The third kappa shape index (κ3) is 8.55. The lowest BCUT2D eigenvalue weighted by molar-refractivity contribution is -0.143. The van der Waals surface area contributed by atoms with Gasteiger partial charge in [0.25, 0.3) is 0 Å². The zero-order chi connectivity index (χ0) is 30.5. The largest absolute Gasteiger partial charge is 0.490 e. The highest BCUT2D eigenvalue weighted by Gasteiger charge is 2.47. The van der Waals surface area contributed by atoms with E-state index in [1.54, 1.807) is 0 Å². The van der Waals surface area contributed by atoms with Gasteiger partial charge in [-0.25, -0.2) is 0 Å².